The average molecular weight is 388 g/mol. The van der Waals surface area contributed by atoms with Gasteiger partial charge in [0.25, 0.3) is 0 Å². The number of benzene rings is 1. The molecule has 0 bridgehead atoms. The molecular weight excluding hydrogens is 371 g/mol. The second kappa shape index (κ2) is 6.62. The van der Waals surface area contributed by atoms with Crippen LogP contribution in [-0.4, -0.2) is 34.3 Å². The quantitative estimate of drug-likeness (QED) is 0.507. The Morgan fingerprint density at radius 3 is 2.86 bits per heavy atom. The molecule has 5 rings (SSSR count). The third-order valence-corrected chi connectivity index (χ3v) is 5.00. The van der Waals surface area contributed by atoms with E-state index in [1.165, 1.54) is 18.5 Å². The third kappa shape index (κ3) is 2.70. The van der Waals surface area contributed by atoms with Gasteiger partial charge in [0.2, 0.25) is 0 Å². The maximum Gasteiger partial charge on any atom is 0.184 e. The van der Waals surface area contributed by atoms with Gasteiger partial charge in [-0.2, -0.15) is 5.10 Å². The lowest BCUT2D eigenvalue weighted by atomic mass is 10.1. The lowest BCUT2D eigenvalue weighted by Crippen LogP contribution is -2.17. The van der Waals surface area contributed by atoms with E-state index in [1.807, 2.05) is 23.6 Å². The number of rotatable bonds is 4. The zero-order valence-corrected chi connectivity index (χ0v) is 15.6. The summed E-state index contributed by atoms with van der Waals surface area (Å²) in [5.74, 6) is 0.636. The summed E-state index contributed by atoms with van der Waals surface area (Å²) < 4.78 is 17.6. The van der Waals surface area contributed by atoms with Crippen LogP contribution in [0.3, 0.4) is 0 Å². The molecule has 0 fully saturated rings. The summed E-state index contributed by atoms with van der Waals surface area (Å²) in [6, 6.07) is 8.14. The molecule has 0 amide bonds. The zero-order valence-electron chi connectivity index (χ0n) is 15.6. The topological polar surface area (TPSA) is 100 Å². The molecule has 1 aromatic carbocycles. The third-order valence-electron chi connectivity index (χ3n) is 5.00. The number of imidazole rings is 1. The Morgan fingerprint density at radius 1 is 1.17 bits per heavy atom. The summed E-state index contributed by atoms with van der Waals surface area (Å²) in [7, 11) is 0. The van der Waals surface area contributed by atoms with Crippen LogP contribution in [0.15, 0.2) is 55.4 Å². The van der Waals surface area contributed by atoms with Crippen LogP contribution < -0.4 is 5.73 Å². The molecule has 4 heterocycles. The fraction of sp³-hybridized carbons (Fsp3) is 0.150. The largest absolute Gasteiger partial charge is 0.383 e. The number of hydrogen-bond acceptors (Lipinski definition) is 6. The van der Waals surface area contributed by atoms with Crippen LogP contribution >= 0.6 is 0 Å². The number of aromatic nitrogens is 7. The fourth-order valence-corrected chi connectivity index (χ4v) is 3.64. The Bertz CT molecular complexity index is 1280. The van der Waals surface area contributed by atoms with Crippen molar-refractivity contribution in [3.63, 3.8) is 0 Å². The van der Waals surface area contributed by atoms with Gasteiger partial charge in [-0.25, -0.2) is 24.0 Å². The van der Waals surface area contributed by atoms with Crippen molar-refractivity contribution in [2.45, 2.75) is 19.4 Å². The number of nitrogens with zero attached hydrogens (tertiary/aromatic N) is 7. The van der Waals surface area contributed by atoms with Gasteiger partial charge in [0.05, 0.1) is 35.5 Å². The molecule has 1 unspecified atom stereocenters. The predicted molar refractivity (Wildman–Crippen MR) is 106 cm³/mol. The molecule has 3 aromatic rings. The van der Waals surface area contributed by atoms with Crippen molar-refractivity contribution in [2.75, 3.05) is 5.73 Å². The van der Waals surface area contributed by atoms with Gasteiger partial charge in [0.15, 0.2) is 5.82 Å². The lowest BCUT2D eigenvalue weighted by molar-refractivity contribution is 0.546. The molecule has 8 nitrogen and oxygen atoms in total. The Morgan fingerprint density at radius 2 is 2.07 bits per heavy atom. The van der Waals surface area contributed by atoms with E-state index in [4.69, 9.17) is 10.8 Å². The molecule has 144 valence electrons. The van der Waals surface area contributed by atoms with Crippen LogP contribution in [0.4, 0.5) is 10.2 Å². The first-order chi connectivity index (χ1) is 14.2. The van der Waals surface area contributed by atoms with E-state index >= 15 is 0 Å². The van der Waals surface area contributed by atoms with Gasteiger partial charge in [0.1, 0.15) is 23.7 Å². The highest BCUT2D eigenvalue weighted by Gasteiger charge is 2.24. The van der Waals surface area contributed by atoms with Crippen LogP contribution in [0, 0.1) is 5.82 Å². The molecule has 2 aromatic heterocycles. The van der Waals surface area contributed by atoms with E-state index in [2.05, 4.69) is 19.9 Å². The summed E-state index contributed by atoms with van der Waals surface area (Å²) in [4.78, 5) is 16.8. The smallest absolute Gasteiger partial charge is 0.184 e. The first kappa shape index (κ1) is 17.2. The van der Waals surface area contributed by atoms with Gasteiger partial charge in [-0.1, -0.05) is 6.92 Å². The first-order valence-electron chi connectivity index (χ1n) is 9.19. The number of anilines is 1. The zero-order chi connectivity index (χ0) is 20.0. The molecule has 9 heteroatoms. The van der Waals surface area contributed by atoms with E-state index in [0.29, 0.717) is 29.3 Å². The average Bonchev–Trinajstić information content (AvgIpc) is 3.36. The normalized spacial score (nSPS) is 12.6. The highest BCUT2D eigenvalue weighted by Crippen LogP contribution is 2.34. The second-order valence-corrected chi connectivity index (χ2v) is 6.68. The van der Waals surface area contributed by atoms with E-state index in [-0.39, 0.29) is 11.9 Å². The van der Waals surface area contributed by atoms with E-state index in [1.54, 1.807) is 29.5 Å². The molecule has 0 saturated heterocycles. The minimum Gasteiger partial charge on any atom is -0.383 e. The molecule has 1 atom stereocenters. The van der Waals surface area contributed by atoms with Gasteiger partial charge in [-0.15, -0.1) is 0 Å². The molecule has 0 aliphatic carbocycles. The van der Waals surface area contributed by atoms with Gasteiger partial charge in [0, 0.05) is 17.6 Å². The molecule has 0 spiro atoms. The van der Waals surface area contributed by atoms with Gasteiger partial charge < -0.3 is 10.3 Å². The molecule has 0 radical (unpaired) electrons. The Hall–Kier alpha value is -3.88. The number of pyridine rings is 1. The van der Waals surface area contributed by atoms with Crippen LogP contribution in [0.1, 0.15) is 25.1 Å². The summed E-state index contributed by atoms with van der Waals surface area (Å²) in [6.45, 7) is 2.04. The summed E-state index contributed by atoms with van der Waals surface area (Å²) >= 11 is 0. The standard InChI is InChI=1S/C20H17FN8/c1-2-15(28-11-26-20-18(19(28)22)24-10-25-20)17-14-6-5-12(21)8-16(14)29(27-17)13-4-3-7-23-9-13/h3-11,15H,2,22H2,1H3. The van der Waals surface area contributed by atoms with Gasteiger partial charge in [-0.05, 0) is 30.7 Å². The molecule has 2 aliphatic heterocycles. The first-order valence-corrected chi connectivity index (χ1v) is 9.19. The van der Waals surface area contributed by atoms with Crippen molar-refractivity contribution >= 4 is 16.7 Å². The summed E-state index contributed by atoms with van der Waals surface area (Å²) in [5, 5.41) is 5.66. The van der Waals surface area contributed by atoms with E-state index in [0.717, 1.165) is 16.8 Å². The van der Waals surface area contributed by atoms with Crippen LogP contribution in [0.25, 0.3) is 28.1 Å². The number of fused-ring (bicyclic) bond motifs is 2. The molecule has 2 aliphatic rings. The minimum atomic E-state index is -0.329. The SMILES string of the molecule is CCC(c1nn(-c2cccnc2)c2cc(F)ccc12)n1cnc2ncnc-2c1N. The van der Waals surface area contributed by atoms with E-state index < -0.39 is 0 Å². The van der Waals surface area contributed by atoms with Crippen molar-refractivity contribution in [3.05, 3.63) is 66.9 Å². The van der Waals surface area contributed by atoms with Crippen LogP contribution in [0.5, 0.6) is 0 Å². The highest BCUT2D eigenvalue weighted by atomic mass is 19.1. The Balaban J connectivity index is 1.75. The molecule has 29 heavy (non-hydrogen) atoms. The predicted octanol–water partition coefficient (Wildman–Crippen LogP) is 3.23. The van der Waals surface area contributed by atoms with Crippen molar-refractivity contribution < 1.29 is 4.39 Å². The minimum absolute atomic E-state index is 0.213. The van der Waals surface area contributed by atoms with Gasteiger partial charge >= 0.3 is 0 Å². The number of hydrogen-bond donors (Lipinski definition) is 1. The molecular formula is C20H17FN8. The van der Waals surface area contributed by atoms with Crippen LogP contribution in [0.2, 0.25) is 0 Å². The Labute approximate surface area is 165 Å². The van der Waals surface area contributed by atoms with E-state index in [9.17, 15) is 4.39 Å². The van der Waals surface area contributed by atoms with Crippen LogP contribution in [-0.2, 0) is 0 Å². The molecule has 2 N–H and O–H groups in total. The fourth-order valence-electron chi connectivity index (χ4n) is 3.64. The van der Waals surface area contributed by atoms with Crippen molar-refractivity contribution in [2.24, 2.45) is 0 Å². The maximum absolute atomic E-state index is 14.0. The maximum atomic E-state index is 14.0. The summed E-state index contributed by atoms with van der Waals surface area (Å²) in [6.07, 6.45) is 7.17. The molecule has 0 saturated carbocycles. The van der Waals surface area contributed by atoms with Gasteiger partial charge in [-0.3, -0.25) is 4.98 Å². The number of nitrogens with two attached hydrogens (primary N) is 1. The highest BCUT2D eigenvalue weighted by molar-refractivity contribution is 5.84. The lowest BCUT2D eigenvalue weighted by Gasteiger charge is -2.20. The number of halogens is 1. The Kier molecular flexibility index (Phi) is 3.94. The van der Waals surface area contributed by atoms with Crippen molar-refractivity contribution in [1.29, 1.82) is 0 Å². The van der Waals surface area contributed by atoms with Crippen molar-refractivity contribution in [1.82, 2.24) is 34.3 Å². The monoisotopic (exact) mass is 388 g/mol. The summed E-state index contributed by atoms with van der Waals surface area (Å²) in [5.41, 5.74) is 9.10. The second-order valence-electron chi connectivity index (χ2n) is 6.68. The number of nitrogen functional groups attached to an aromatic ring is 1. The van der Waals surface area contributed by atoms with Crippen molar-refractivity contribution in [3.8, 4) is 17.2 Å².